The molecular weight excluding hydrogens is 537 g/mol. The number of methoxy groups -OCH3 is 1. The zero-order valence-corrected chi connectivity index (χ0v) is 20.3. The van der Waals surface area contributed by atoms with Crippen LogP contribution in [0.15, 0.2) is 39.7 Å². The zero-order chi connectivity index (χ0) is 21.8. The Morgan fingerprint density at radius 3 is 2.53 bits per heavy atom. The predicted molar refractivity (Wildman–Crippen MR) is 124 cm³/mol. The highest BCUT2D eigenvalue weighted by atomic mass is 79.9. The molecule has 2 aromatic rings. The lowest BCUT2D eigenvalue weighted by atomic mass is 10.2. The van der Waals surface area contributed by atoms with E-state index in [0.717, 1.165) is 22.2 Å². The predicted octanol–water partition coefficient (Wildman–Crippen LogP) is 6.67. The van der Waals surface area contributed by atoms with E-state index < -0.39 is 0 Å². The van der Waals surface area contributed by atoms with Crippen molar-refractivity contribution in [1.82, 2.24) is 4.90 Å². The van der Waals surface area contributed by atoms with Gasteiger partial charge in [0.1, 0.15) is 6.61 Å². The number of halogens is 4. The van der Waals surface area contributed by atoms with E-state index in [2.05, 4.69) is 15.9 Å². The third-order valence-electron chi connectivity index (χ3n) is 4.08. The van der Waals surface area contributed by atoms with Crippen LogP contribution < -0.4 is 4.74 Å². The van der Waals surface area contributed by atoms with Gasteiger partial charge in [-0.2, -0.15) is 0 Å². The molecule has 2 amide bonds. The van der Waals surface area contributed by atoms with Crippen molar-refractivity contribution in [2.24, 2.45) is 0 Å². The zero-order valence-electron chi connectivity index (χ0n) is 15.6. The third-order valence-corrected chi connectivity index (χ3v) is 6.59. The van der Waals surface area contributed by atoms with E-state index in [0.29, 0.717) is 35.8 Å². The van der Waals surface area contributed by atoms with Gasteiger partial charge in [0.05, 0.1) is 37.6 Å². The summed E-state index contributed by atoms with van der Waals surface area (Å²) in [6.07, 6.45) is 1.62. The smallest absolute Gasteiger partial charge is 0.293 e. The first-order valence-corrected chi connectivity index (χ1v) is 11.3. The number of nitrogens with zero attached hydrogens (tertiary/aromatic N) is 1. The second-order valence-electron chi connectivity index (χ2n) is 6.18. The minimum absolute atomic E-state index is 0.213. The Kier molecular flexibility index (Phi) is 8.12. The maximum Gasteiger partial charge on any atom is 0.293 e. The van der Waals surface area contributed by atoms with Gasteiger partial charge in [-0.25, -0.2) is 0 Å². The fraction of sp³-hybridized carbons (Fsp3) is 0.200. The lowest BCUT2D eigenvalue weighted by Gasteiger charge is -2.12. The molecule has 30 heavy (non-hydrogen) atoms. The molecule has 1 saturated heterocycles. The Morgan fingerprint density at radius 1 is 1.10 bits per heavy atom. The van der Waals surface area contributed by atoms with Crippen LogP contribution in [-0.4, -0.2) is 36.3 Å². The molecule has 1 aliphatic heterocycles. The summed E-state index contributed by atoms with van der Waals surface area (Å²) >= 11 is 22.7. The molecule has 1 heterocycles. The van der Waals surface area contributed by atoms with E-state index in [-0.39, 0.29) is 30.9 Å². The van der Waals surface area contributed by atoms with Crippen LogP contribution in [0.3, 0.4) is 0 Å². The molecule has 3 rings (SSSR count). The Morgan fingerprint density at radius 2 is 1.87 bits per heavy atom. The Balaban J connectivity index is 1.76. The molecule has 0 N–H and O–H groups in total. The van der Waals surface area contributed by atoms with Crippen molar-refractivity contribution in [3.63, 3.8) is 0 Å². The van der Waals surface area contributed by atoms with Crippen LogP contribution in [0, 0.1) is 0 Å². The average Bonchev–Trinajstić information content (AvgIpc) is 2.95. The van der Waals surface area contributed by atoms with Gasteiger partial charge in [0.25, 0.3) is 11.1 Å². The number of benzene rings is 2. The summed E-state index contributed by atoms with van der Waals surface area (Å²) < 4.78 is 11.4. The fourth-order valence-electron chi connectivity index (χ4n) is 2.61. The first-order valence-electron chi connectivity index (χ1n) is 8.60. The second-order valence-corrected chi connectivity index (χ2v) is 9.25. The van der Waals surface area contributed by atoms with Gasteiger partial charge in [-0.3, -0.25) is 14.5 Å². The lowest BCUT2D eigenvalue weighted by molar-refractivity contribution is -0.123. The van der Waals surface area contributed by atoms with Crippen molar-refractivity contribution in [2.75, 3.05) is 20.3 Å². The quantitative estimate of drug-likeness (QED) is 0.360. The summed E-state index contributed by atoms with van der Waals surface area (Å²) in [7, 11) is 1.51. The van der Waals surface area contributed by atoms with Crippen molar-refractivity contribution < 1.29 is 19.1 Å². The van der Waals surface area contributed by atoms with Crippen molar-refractivity contribution in [3.05, 3.63) is 65.9 Å². The van der Waals surface area contributed by atoms with Crippen LogP contribution in [-0.2, 0) is 16.1 Å². The molecule has 0 saturated carbocycles. The van der Waals surface area contributed by atoms with Crippen molar-refractivity contribution >= 4 is 79.7 Å². The van der Waals surface area contributed by atoms with E-state index in [4.69, 9.17) is 44.3 Å². The van der Waals surface area contributed by atoms with Crippen LogP contribution >= 0.6 is 62.5 Å². The highest BCUT2D eigenvalue weighted by molar-refractivity contribution is 9.10. The standard InChI is InChI=1S/C20H15BrCl3NO4S/c1-28-5-4-25-19(26)17(30-20(25)27)9-12-6-13(21)18(16(24)8-12)29-10-11-2-3-14(22)15(23)7-11/h2-3,6-9H,4-5,10H2,1H3/b17-9+. The van der Waals surface area contributed by atoms with E-state index in [1.165, 1.54) is 7.11 Å². The minimum atomic E-state index is -0.353. The number of imide groups is 1. The molecule has 0 aliphatic carbocycles. The van der Waals surface area contributed by atoms with Crippen molar-refractivity contribution in [2.45, 2.75) is 6.61 Å². The molecule has 2 aromatic carbocycles. The number of rotatable bonds is 7. The number of carbonyl (C=O) groups excluding carboxylic acids is 2. The van der Waals surface area contributed by atoms with Gasteiger partial charge in [-0.15, -0.1) is 0 Å². The molecule has 1 fully saturated rings. The first-order chi connectivity index (χ1) is 14.3. The largest absolute Gasteiger partial charge is 0.486 e. The Labute approximate surface area is 201 Å². The van der Waals surface area contributed by atoms with Gasteiger partial charge >= 0.3 is 0 Å². The Hall–Kier alpha value is -1.22. The summed E-state index contributed by atoms with van der Waals surface area (Å²) in [6.45, 7) is 0.741. The van der Waals surface area contributed by atoms with E-state index >= 15 is 0 Å². The third kappa shape index (κ3) is 5.52. The molecule has 0 radical (unpaired) electrons. The maximum atomic E-state index is 12.4. The summed E-state index contributed by atoms with van der Waals surface area (Å²) in [4.78, 5) is 26.0. The second kappa shape index (κ2) is 10.4. The van der Waals surface area contributed by atoms with E-state index in [9.17, 15) is 9.59 Å². The van der Waals surface area contributed by atoms with Gasteiger partial charge in [0, 0.05) is 7.11 Å². The van der Waals surface area contributed by atoms with Gasteiger partial charge in [-0.1, -0.05) is 40.9 Å². The van der Waals surface area contributed by atoms with Gasteiger partial charge in [-0.05, 0) is 69.2 Å². The number of thioether (sulfide) groups is 1. The highest BCUT2D eigenvalue weighted by Crippen LogP contribution is 2.38. The molecule has 5 nitrogen and oxygen atoms in total. The summed E-state index contributed by atoms with van der Waals surface area (Å²) in [5.74, 6) is 0.0994. The summed E-state index contributed by atoms with van der Waals surface area (Å²) in [5, 5.41) is 0.942. The normalized spacial score (nSPS) is 15.4. The molecule has 0 spiro atoms. The summed E-state index contributed by atoms with van der Waals surface area (Å²) in [6, 6.07) is 8.66. The van der Waals surface area contributed by atoms with E-state index in [1.54, 1.807) is 30.3 Å². The van der Waals surface area contributed by atoms with Crippen LogP contribution in [0.2, 0.25) is 15.1 Å². The monoisotopic (exact) mass is 549 g/mol. The molecule has 0 aromatic heterocycles. The molecule has 1 aliphatic rings. The fourth-order valence-corrected chi connectivity index (χ4v) is 4.79. The average molecular weight is 552 g/mol. The Bertz CT molecular complexity index is 1010. The van der Waals surface area contributed by atoms with Crippen LogP contribution in [0.25, 0.3) is 6.08 Å². The lowest BCUT2D eigenvalue weighted by Crippen LogP contribution is -2.31. The molecule has 0 atom stereocenters. The molecule has 0 unspecified atom stereocenters. The van der Waals surface area contributed by atoms with Crippen LogP contribution in [0.5, 0.6) is 5.75 Å². The molecular formula is C20H15BrCl3NO4S. The molecule has 158 valence electrons. The number of carbonyl (C=O) groups is 2. The van der Waals surface area contributed by atoms with Crippen molar-refractivity contribution in [3.8, 4) is 5.75 Å². The van der Waals surface area contributed by atoms with Gasteiger partial charge in [0.2, 0.25) is 0 Å². The minimum Gasteiger partial charge on any atom is -0.486 e. The highest BCUT2D eigenvalue weighted by Gasteiger charge is 2.34. The van der Waals surface area contributed by atoms with E-state index in [1.807, 2.05) is 6.07 Å². The van der Waals surface area contributed by atoms with Gasteiger partial charge < -0.3 is 9.47 Å². The number of amides is 2. The topological polar surface area (TPSA) is 55.8 Å². The molecule has 10 heteroatoms. The number of hydrogen-bond acceptors (Lipinski definition) is 5. The molecule has 0 bridgehead atoms. The number of hydrogen-bond donors (Lipinski definition) is 0. The summed E-state index contributed by atoms with van der Waals surface area (Å²) in [5.41, 5.74) is 1.49. The first kappa shape index (κ1) is 23.4. The van der Waals surface area contributed by atoms with Crippen molar-refractivity contribution in [1.29, 1.82) is 0 Å². The maximum absolute atomic E-state index is 12.4. The van der Waals surface area contributed by atoms with Gasteiger partial charge in [0.15, 0.2) is 5.75 Å². The number of ether oxygens (including phenoxy) is 2. The van der Waals surface area contributed by atoms with Crippen LogP contribution in [0.4, 0.5) is 4.79 Å². The van der Waals surface area contributed by atoms with Crippen LogP contribution in [0.1, 0.15) is 11.1 Å². The SMILES string of the molecule is COCCN1C(=O)S/C(=C/c2cc(Cl)c(OCc3ccc(Cl)c(Cl)c3)c(Br)c2)C1=O.